The van der Waals surface area contributed by atoms with Crippen molar-refractivity contribution in [1.82, 2.24) is 0 Å². The molecular formula is C34H49ClO10. The van der Waals surface area contributed by atoms with Gasteiger partial charge in [-0.05, 0) is 39.2 Å². The lowest BCUT2D eigenvalue weighted by atomic mass is 10.00. The zero-order chi connectivity index (χ0) is 32.8. The van der Waals surface area contributed by atoms with Crippen LogP contribution in [0.1, 0.15) is 59.3 Å². The average molecular weight is 653 g/mol. The Kier molecular flexibility index (Phi) is 16.2. The predicted molar refractivity (Wildman–Crippen MR) is 170 cm³/mol. The number of cyclic esters (lactones) is 1. The Bertz CT molecular complexity index is 1060. The molecule has 45 heavy (non-hydrogen) atoms. The van der Waals surface area contributed by atoms with Crippen molar-refractivity contribution in [2.24, 2.45) is 0 Å². The SMILES string of the molecule is CC/C=C\C\C=C/C=C/C=C/C=C\[C@@H]1OC(=O)CC[C@@H](Cl)/C=C\[C@@H](O)[C@H]1O[C@H]1C[C@@H](O[C@H]2C[C@@H](O)[C@@H](O)[C@@H](C)O2)[C@@H](O)[C@@H](C)O1. The van der Waals surface area contributed by atoms with Crippen molar-refractivity contribution in [3.63, 3.8) is 0 Å². The smallest absolute Gasteiger partial charge is 0.306 e. The third-order valence-electron chi connectivity index (χ3n) is 7.70. The molecule has 0 amide bonds. The molecule has 3 rings (SSSR count). The second-order valence-corrected chi connectivity index (χ2v) is 12.0. The van der Waals surface area contributed by atoms with Crippen LogP contribution in [-0.2, 0) is 28.5 Å². The van der Waals surface area contributed by atoms with Crippen LogP contribution in [-0.4, -0.2) is 99.3 Å². The number of rotatable bonds is 11. The molecule has 10 nitrogen and oxygen atoms in total. The Morgan fingerprint density at radius 1 is 0.867 bits per heavy atom. The highest BCUT2D eigenvalue weighted by atomic mass is 35.5. The number of ether oxygens (including phenoxy) is 5. The maximum absolute atomic E-state index is 12.7. The molecule has 3 aliphatic heterocycles. The lowest BCUT2D eigenvalue weighted by Gasteiger charge is -2.43. The average Bonchev–Trinajstić information content (AvgIpc) is 3.00. The van der Waals surface area contributed by atoms with Crippen molar-refractivity contribution in [3.8, 4) is 0 Å². The molecule has 0 aliphatic carbocycles. The summed E-state index contributed by atoms with van der Waals surface area (Å²) in [5.74, 6) is -0.489. The van der Waals surface area contributed by atoms with E-state index < -0.39 is 78.9 Å². The minimum Gasteiger partial charge on any atom is -0.455 e. The van der Waals surface area contributed by atoms with Gasteiger partial charge in [-0.2, -0.15) is 0 Å². The number of aliphatic hydroxyl groups excluding tert-OH is 4. The first-order valence-electron chi connectivity index (χ1n) is 15.8. The van der Waals surface area contributed by atoms with Crippen molar-refractivity contribution < 1.29 is 48.9 Å². The summed E-state index contributed by atoms with van der Waals surface area (Å²) in [5.41, 5.74) is 0. The Morgan fingerprint density at radius 3 is 2.24 bits per heavy atom. The van der Waals surface area contributed by atoms with Gasteiger partial charge in [0.15, 0.2) is 12.6 Å². The van der Waals surface area contributed by atoms with E-state index in [4.69, 9.17) is 35.3 Å². The van der Waals surface area contributed by atoms with Gasteiger partial charge in [0.1, 0.15) is 30.5 Å². The van der Waals surface area contributed by atoms with Gasteiger partial charge in [0, 0.05) is 19.3 Å². The van der Waals surface area contributed by atoms with Crippen LogP contribution >= 0.6 is 11.6 Å². The molecular weight excluding hydrogens is 604 g/mol. The molecule has 252 valence electrons. The van der Waals surface area contributed by atoms with E-state index >= 15 is 0 Å². The summed E-state index contributed by atoms with van der Waals surface area (Å²) in [6.45, 7) is 5.38. The van der Waals surface area contributed by atoms with Gasteiger partial charge in [0.05, 0.1) is 29.8 Å². The number of aliphatic hydroxyl groups is 4. The predicted octanol–water partition coefficient (Wildman–Crippen LogP) is 3.92. The summed E-state index contributed by atoms with van der Waals surface area (Å²) in [6, 6.07) is 0. The summed E-state index contributed by atoms with van der Waals surface area (Å²) < 4.78 is 29.6. The molecule has 2 fully saturated rings. The first kappa shape index (κ1) is 37.3. The normalized spacial score (nSPS) is 39.8. The maximum atomic E-state index is 12.7. The monoisotopic (exact) mass is 652 g/mol. The van der Waals surface area contributed by atoms with Crippen LogP contribution in [0.15, 0.2) is 72.9 Å². The fraction of sp³-hybridized carbons (Fsp3) is 0.618. The van der Waals surface area contributed by atoms with Crippen LogP contribution in [0.4, 0.5) is 0 Å². The van der Waals surface area contributed by atoms with E-state index in [1.165, 1.54) is 6.08 Å². The fourth-order valence-electron chi connectivity index (χ4n) is 5.12. The van der Waals surface area contributed by atoms with Crippen LogP contribution in [0, 0.1) is 0 Å². The zero-order valence-corrected chi connectivity index (χ0v) is 27.0. The number of alkyl halides is 1. The number of allylic oxidation sites excluding steroid dienone is 10. The van der Waals surface area contributed by atoms with E-state index in [9.17, 15) is 25.2 Å². The Balaban J connectivity index is 1.73. The van der Waals surface area contributed by atoms with Crippen molar-refractivity contribution >= 4 is 17.6 Å². The quantitative estimate of drug-likeness (QED) is 0.112. The lowest BCUT2D eigenvalue weighted by Crippen LogP contribution is -2.54. The van der Waals surface area contributed by atoms with Crippen LogP contribution in [0.2, 0.25) is 0 Å². The van der Waals surface area contributed by atoms with Crippen molar-refractivity contribution in [3.05, 3.63) is 72.9 Å². The first-order valence-corrected chi connectivity index (χ1v) is 16.2. The Hall–Kier alpha value is -2.12. The number of halogens is 1. The van der Waals surface area contributed by atoms with E-state index in [0.29, 0.717) is 6.42 Å². The standard InChI is InChI=1S/C34H49ClO10/c1-4-5-6-7-8-9-10-11-12-13-14-15-27-34(25(36)18-16-24(35)17-19-29(38)43-27)45-31-21-28(33(40)23(3)42-31)44-30-20-26(37)32(39)22(2)41-30/h5-6,8-16,18,22-28,30-34,36-37,39-40H,4,7,17,19-21H2,1-3H3/b6-5-,9-8-,11-10+,13-12+,15-14-,18-16-/t22-,23-,24+,25-,26-,27+,28-,30+,31+,32+,33+,34-/m1/s1. The molecule has 0 bridgehead atoms. The molecule has 0 aromatic heterocycles. The summed E-state index contributed by atoms with van der Waals surface area (Å²) in [5, 5.41) is 41.7. The highest BCUT2D eigenvalue weighted by molar-refractivity contribution is 6.21. The van der Waals surface area contributed by atoms with Crippen LogP contribution in [0.3, 0.4) is 0 Å². The molecule has 3 heterocycles. The van der Waals surface area contributed by atoms with E-state index in [1.807, 2.05) is 30.4 Å². The lowest BCUT2D eigenvalue weighted by molar-refractivity contribution is -0.316. The molecule has 4 N–H and O–H groups in total. The van der Waals surface area contributed by atoms with Crippen molar-refractivity contribution in [2.45, 2.75) is 132 Å². The number of hydrogen-bond acceptors (Lipinski definition) is 10. The zero-order valence-electron chi connectivity index (χ0n) is 26.2. The summed E-state index contributed by atoms with van der Waals surface area (Å²) >= 11 is 6.29. The molecule has 0 radical (unpaired) electrons. The highest BCUT2D eigenvalue weighted by Crippen LogP contribution is 2.30. The van der Waals surface area contributed by atoms with Gasteiger partial charge in [-0.15, -0.1) is 11.6 Å². The maximum Gasteiger partial charge on any atom is 0.306 e. The highest BCUT2D eigenvalue weighted by Gasteiger charge is 2.43. The minimum atomic E-state index is -1.22. The van der Waals surface area contributed by atoms with Crippen LogP contribution in [0.5, 0.6) is 0 Å². The van der Waals surface area contributed by atoms with E-state index in [2.05, 4.69) is 19.1 Å². The van der Waals surface area contributed by atoms with Gasteiger partial charge in [-0.3, -0.25) is 4.79 Å². The first-order chi connectivity index (χ1) is 21.6. The van der Waals surface area contributed by atoms with Crippen LogP contribution in [0.25, 0.3) is 0 Å². The largest absolute Gasteiger partial charge is 0.455 e. The van der Waals surface area contributed by atoms with Gasteiger partial charge >= 0.3 is 5.97 Å². The van der Waals surface area contributed by atoms with Crippen molar-refractivity contribution in [2.75, 3.05) is 0 Å². The second-order valence-electron chi connectivity index (χ2n) is 11.4. The summed E-state index contributed by atoms with van der Waals surface area (Å²) in [4.78, 5) is 12.7. The third-order valence-corrected chi connectivity index (χ3v) is 8.06. The third kappa shape index (κ3) is 12.5. The molecule has 0 saturated carbocycles. The molecule has 3 aliphatic rings. The summed E-state index contributed by atoms with van der Waals surface area (Å²) in [6.07, 6.45) is 14.1. The number of carbonyl (C=O) groups is 1. The Labute approximate surface area is 271 Å². The molecule has 0 aromatic rings. The molecule has 0 aromatic carbocycles. The van der Waals surface area contributed by atoms with Crippen molar-refractivity contribution in [1.29, 1.82) is 0 Å². The minimum absolute atomic E-state index is 0.0271. The van der Waals surface area contributed by atoms with Gasteiger partial charge in [0.2, 0.25) is 0 Å². The molecule has 2 saturated heterocycles. The van der Waals surface area contributed by atoms with E-state index in [-0.39, 0.29) is 19.3 Å². The fourth-order valence-corrected chi connectivity index (χ4v) is 5.31. The molecule has 11 heteroatoms. The molecule has 0 spiro atoms. The number of carbonyl (C=O) groups excluding carboxylic acids is 1. The van der Waals surface area contributed by atoms with E-state index in [1.54, 1.807) is 38.2 Å². The van der Waals surface area contributed by atoms with Gasteiger partial charge in [-0.1, -0.05) is 73.8 Å². The topological polar surface area (TPSA) is 144 Å². The van der Waals surface area contributed by atoms with Gasteiger partial charge < -0.3 is 44.1 Å². The molecule has 12 atom stereocenters. The van der Waals surface area contributed by atoms with Gasteiger partial charge in [-0.25, -0.2) is 0 Å². The number of esters is 1. The summed E-state index contributed by atoms with van der Waals surface area (Å²) in [7, 11) is 0. The number of hydrogen-bond donors (Lipinski definition) is 4. The van der Waals surface area contributed by atoms with Gasteiger partial charge in [0.25, 0.3) is 0 Å². The molecule has 0 unspecified atom stereocenters. The second kappa shape index (κ2) is 19.5. The Morgan fingerprint density at radius 2 is 1.53 bits per heavy atom. The van der Waals surface area contributed by atoms with E-state index in [0.717, 1.165) is 12.8 Å². The van der Waals surface area contributed by atoms with Crippen LogP contribution < -0.4 is 0 Å².